The van der Waals surface area contributed by atoms with Crippen LogP contribution >= 0.6 is 0 Å². The molecule has 1 saturated heterocycles. The number of anilines is 1. The third-order valence-electron chi connectivity index (χ3n) is 4.72. The van der Waals surface area contributed by atoms with Crippen molar-refractivity contribution in [2.24, 2.45) is 0 Å². The lowest BCUT2D eigenvalue weighted by Gasteiger charge is -2.20. The van der Waals surface area contributed by atoms with Crippen LogP contribution in [0.3, 0.4) is 0 Å². The molecule has 2 aromatic rings. The minimum absolute atomic E-state index is 0.0389. The predicted molar refractivity (Wildman–Crippen MR) is 87.2 cm³/mol. The standard InChI is InChI=1S/C17H15N5O3/c1-18-14-9-17(12-5-2-3-6-13(12)20-15(17)23)10-22(14)16(24)25-11-21-8-4-7-19-21/h2-8,14H,9-11H2,(H,20,23)/t14-,17-/m0/s1. The molecule has 2 amide bonds. The molecular weight excluding hydrogens is 322 g/mol. The van der Waals surface area contributed by atoms with Crippen molar-refractivity contribution in [2.45, 2.75) is 24.7 Å². The van der Waals surface area contributed by atoms with Crippen LogP contribution in [-0.4, -0.2) is 39.4 Å². The molecule has 1 aromatic carbocycles. The van der Waals surface area contributed by atoms with Gasteiger partial charge in [0.1, 0.15) is 5.41 Å². The second-order valence-electron chi connectivity index (χ2n) is 6.11. The Morgan fingerprint density at radius 1 is 1.44 bits per heavy atom. The summed E-state index contributed by atoms with van der Waals surface area (Å²) in [5.41, 5.74) is 0.676. The van der Waals surface area contributed by atoms with Gasteiger partial charge in [0.25, 0.3) is 0 Å². The number of rotatable bonds is 2. The molecule has 8 nitrogen and oxygen atoms in total. The van der Waals surface area contributed by atoms with Crippen LogP contribution < -0.4 is 5.32 Å². The number of ether oxygens (including phenoxy) is 1. The third kappa shape index (κ3) is 2.32. The number of carbonyl (C=O) groups is 2. The molecule has 1 aromatic heterocycles. The van der Waals surface area contributed by atoms with Crippen LogP contribution in [-0.2, 0) is 21.7 Å². The van der Waals surface area contributed by atoms with Gasteiger partial charge in [-0.05, 0) is 17.7 Å². The topological polar surface area (TPSA) is 80.8 Å². The van der Waals surface area contributed by atoms with E-state index < -0.39 is 17.7 Å². The van der Waals surface area contributed by atoms with Gasteiger partial charge >= 0.3 is 12.3 Å². The maximum Gasteiger partial charge on any atom is 0.417 e. The molecule has 0 bridgehead atoms. The third-order valence-corrected chi connectivity index (χ3v) is 4.72. The largest absolute Gasteiger partial charge is 0.426 e. The first kappa shape index (κ1) is 15.2. The van der Waals surface area contributed by atoms with Gasteiger partial charge in [-0.1, -0.05) is 18.2 Å². The average molecular weight is 337 g/mol. The second-order valence-corrected chi connectivity index (χ2v) is 6.11. The molecule has 4 rings (SSSR count). The molecular formula is C17H15N5O3. The van der Waals surface area contributed by atoms with E-state index in [-0.39, 0.29) is 25.6 Å². The Labute approximate surface area is 143 Å². The highest BCUT2D eigenvalue weighted by Gasteiger charge is 2.58. The quantitative estimate of drug-likeness (QED) is 0.848. The fourth-order valence-electron chi connectivity index (χ4n) is 3.50. The number of nitrogens with zero attached hydrogens (tertiary/aromatic N) is 4. The summed E-state index contributed by atoms with van der Waals surface area (Å²) in [7, 11) is 0. The molecule has 8 heteroatoms. The number of fused-ring (bicyclic) bond motifs is 2. The van der Waals surface area contributed by atoms with Gasteiger partial charge in [-0.3, -0.25) is 9.64 Å². The summed E-state index contributed by atoms with van der Waals surface area (Å²) in [6.45, 7) is 7.51. The first-order valence-corrected chi connectivity index (χ1v) is 7.82. The molecule has 0 aliphatic carbocycles. The lowest BCUT2D eigenvalue weighted by atomic mass is 9.80. The first-order valence-electron chi connectivity index (χ1n) is 7.82. The summed E-state index contributed by atoms with van der Waals surface area (Å²) in [6, 6.07) is 9.11. The Morgan fingerprint density at radius 2 is 2.28 bits per heavy atom. The van der Waals surface area contributed by atoms with Crippen LogP contribution in [0.4, 0.5) is 10.5 Å². The van der Waals surface area contributed by atoms with Gasteiger partial charge in [0.15, 0.2) is 6.73 Å². The normalized spacial score (nSPS) is 24.0. The Bertz CT molecular complexity index is 873. The number of nitrogens with one attached hydrogen (secondary N) is 1. The Kier molecular flexibility index (Phi) is 3.42. The van der Waals surface area contributed by atoms with E-state index >= 15 is 0 Å². The van der Waals surface area contributed by atoms with Crippen molar-refractivity contribution in [3.05, 3.63) is 59.7 Å². The summed E-state index contributed by atoms with van der Waals surface area (Å²) >= 11 is 0. The zero-order valence-electron chi connectivity index (χ0n) is 13.3. The molecule has 25 heavy (non-hydrogen) atoms. The van der Waals surface area contributed by atoms with E-state index in [9.17, 15) is 9.59 Å². The number of hydrogen-bond donors (Lipinski definition) is 1. The molecule has 0 saturated carbocycles. The van der Waals surface area contributed by atoms with Gasteiger partial charge in [-0.2, -0.15) is 5.10 Å². The van der Waals surface area contributed by atoms with Gasteiger partial charge in [0.05, 0.1) is 13.0 Å². The van der Waals surface area contributed by atoms with E-state index in [1.54, 1.807) is 18.5 Å². The Morgan fingerprint density at radius 3 is 3.04 bits per heavy atom. The monoisotopic (exact) mass is 337 g/mol. The number of para-hydroxylation sites is 1. The molecule has 0 unspecified atom stereocenters. The number of hydrogen-bond acceptors (Lipinski definition) is 4. The summed E-state index contributed by atoms with van der Waals surface area (Å²) in [6.07, 6.45) is 2.16. The number of aromatic nitrogens is 2. The maximum absolute atomic E-state index is 12.6. The zero-order valence-corrected chi connectivity index (χ0v) is 13.3. The van der Waals surface area contributed by atoms with E-state index in [1.807, 2.05) is 24.3 Å². The molecule has 2 aliphatic rings. The highest BCUT2D eigenvalue weighted by atomic mass is 16.6. The zero-order chi connectivity index (χ0) is 17.4. The van der Waals surface area contributed by atoms with E-state index in [0.29, 0.717) is 0 Å². The Hall–Kier alpha value is -3.34. The molecule has 1 fully saturated rings. The second kappa shape index (κ2) is 5.63. The fraction of sp³-hybridized carbons (Fsp3) is 0.294. The van der Waals surface area contributed by atoms with Crippen LogP contribution in [0.1, 0.15) is 12.0 Å². The Balaban J connectivity index is 1.58. The minimum atomic E-state index is -0.892. The smallest absolute Gasteiger partial charge is 0.417 e. The van der Waals surface area contributed by atoms with Crippen LogP contribution in [0.5, 0.6) is 0 Å². The fourth-order valence-corrected chi connectivity index (χ4v) is 3.50. The molecule has 2 atom stereocenters. The molecule has 0 radical (unpaired) electrons. The van der Waals surface area contributed by atoms with E-state index in [2.05, 4.69) is 15.3 Å². The SMILES string of the molecule is [C-]#[N+][C@@H]1C[C@@]2(CN1C(=O)OCn1cccn1)C(=O)Nc1ccccc12. The summed E-state index contributed by atoms with van der Waals surface area (Å²) < 4.78 is 6.71. The highest BCUT2D eigenvalue weighted by molar-refractivity contribution is 6.07. The van der Waals surface area contributed by atoms with Crippen molar-refractivity contribution in [1.82, 2.24) is 14.7 Å². The molecule has 126 valence electrons. The molecule has 1 spiro atoms. The number of likely N-dealkylation sites (tertiary alicyclic amines) is 1. The van der Waals surface area contributed by atoms with Crippen molar-refractivity contribution in [3.63, 3.8) is 0 Å². The maximum atomic E-state index is 12.6. The number of benzene rings is 1. The van der Waals surface area contributed by atoms with Crippen molar-refractivity contribution in [1.29, 1.82) is 0 Å². The van der Waals surface area contributed by atoms with Gasteiger partial charge in [0.2, 0.25) is 5.91 Å². The van der Waals surface area contributed by atoms with Crippen LogP contribution in [0.15, 0.2) is 42.7 Å². The summed E-state index contributed by atoms with van der Waals surface area (Å²) in [5.74, 6) is -0.176. The minimum Gasteiger partial charge on any atom is -0.426 e. The van der Waals surface area contributed by atoms with Crippen LogP contribution in [0.25, 0.3) is 4.85 Å². The summed E-state index contributed by atoms with van der Waals surface area (Å²) in [4.78, 5) is 29.9. The van der Waals surface area contributed by atoms with Crippen molar-refractivity contribution < 1.29 is 14.3 Å². The molecule has 2 aliphatic heterocycles. The average Bonchev–Trinajstić information content (AvgIpc) is 3.33. The van der Waals surface area contributed by atoms with Crippen molar-refractivity contribution in [2.75, 3.05) is 11.9 Å². The number of amides is 2. The predicted octanol–water partition coefficient (Wildman–Crippen LogP) is 1.82. The van der Waals surface area contributed by atoms with Crippen molar-refractivity contribution in [3.8, 4) is 0 Å². The first-order chi connectivity index (χ1) is 12.1. The van der Waals surface area contributed by atoms with E-state index in [4.69, 9.17) is 11.3 Å². The van der Waals surface area contributed by atoms with E-state index in [1.165, 1.54) is 9.58 Å². The van der Waals surface area contributed by atoms with Gasteiger partial charge in [-0.25, -0.2) is 20.9 Å². The van der Waals surface area contributed by atoms with Crippen LogP contribution in [0, 0.1) is 6.57 Å². The van der Waals surface area contributed by atoms with Crippen LogP contribution in [0.2, 0.25) is 0 Å². The summed E-state index contributed by atoms with van der Waals surface area (Å²) in [5, 5.41) is 6.82. The van der Waals surface area contributed by atoms with Crippen molar-refractivity contribution >= 4 is 17.7 Å². The number of carbonyl (C=O) groups excluding carboxylic acids is 2. The highest BCUT2D eigenvalue weighted by Crippen LogP contribution is 2.46. The lowest BCUT2D eigenvalue weighted by molar-refractivity contribution is -0.120. The molecule has 1 N–H and O–H groups in total. The molecule has 3 heterocycles. The van der Waals surface area contributed by atoms with Gasteiger partial charge < -0.3 is 10.1 Å². The van der Waals surface area contributed by atoms with E-state index in [0.717, 1.165) is 11.3 Å². The van der Waals surface area contributed by atoms with Gasteiger partial charge in [0, 0.05) is 18.1 Å². The van der Waals surface area contributed by atoms with Gasteiger partial charge in [-0.15, -0.1) is 0 Å². The lowest BCUT2D eigenvalue weighted by Crippen LogP contribution is -2.40.